The number of nitrogens with zero attached hydrogens (tertiary/aromatic N) is 2. The number of ether oxygens (including phenoxy) is 1. The number of rotatable bonds is 6. The fourth-order valence-electron chi connectivity index (χ4n) is 2.63. The van der Waals surface area contributed by atoms with Gasteiger partial charge in [-0.25, -0.2) is 4.79 Å². The minimum atomic E-state index is -1.17. The zero-order chi connectivity index (χ0) is 21.3. The van der Waals surface area contributed by atoms with Gasteiger partial charge in [-0.1, -0.05) is 24.0 Å². The topological polar surface area (TPSA) is 123 Å². The van der Waals surface area contributed by atoms with Gasteiger partial charge in [-0.15, -0.1) is 0 Å². The van der Waals surface area contributed by atoms with E-state index in [9.17, 15) is 19.7 Å². The lowest BCUT2D eigenvalue weighted by Gasteiger charge is -2.18. The summed E-state index contributed by atoms with van der Waals surface area (Å²) >= 11 is 6.07. The maximum atomic E-state index is 12.5. The van der Waals surface area contributed by atoms with Crippen molar-refractivity contribution in [3.63, 3.8) is 0 Å². The number of aliphatic carboxylic acids is 1. The molecule has 3 rings (SSSR count). The Kier molecular flexibility index (Phi) is 5.71. The highest BCUT2D eigenvalue weighted by atomic mass is 32.2. The Hall–Kier alpha value is -3.18. The third kappa shape index (κ3) is 4.00. The van der Waals surface area contributed by atoms with Crippen LogP contribution in [0, 0.1) is 10.1 Å². The number of carboxylic acid groups (broad SMARTS) is 1. The average Bonchev–Trinajstić information content (AvgIpc) is 3.25. The van der Waals surface area contributed by atoms with Gasteiger partial charge in [0, 0.05) is 6.08 Å². The van der Waals surface area contributed by atoms with Crippen LogP contribution in [-0.4, -0.2) is 44.3 Å². The minimum absolute atomic E-state index is 0.133. The number of nitro benzene ring substituents is 1. The Labute approximate surface area is 174 Å². The van der Waals surface area contributed by atoms with Gasteiger partial charge < -0.3 is 14.3 Å². The van der Waals surface area contributed by atoms with Crippen LogP contribution >= 0.6 is 24.0 Å². The zero-order valence-electron chi connectivity index (χ0n) is 15.1. The summed E-state index contributed by atoms with van der Waals surface area (Å²) in [5.74, 6) is -0.866. The molecule has 29 heavy (non-hydrogen) atoms. The Morgan fingerprint density at radius 1 is 1.41 bits per heavy atom. The standard InChI is InChI=1S/C18H14N2O7S2/c1-9(17(22)23)19-16(21)15(29-18(19)28)8-11-4-6-14(27-11)12-5-3-10(26-2)7-13(12)20(24)25/h3-9H,1-2H3,(H,22,23)/b15-8+. The number of furan rings is 1. The smallest absolute Gasteiger partial charge is 0.326 e. The number of hydrogen-bond acceptors (Lipinski definition) is 8. The molecular weight excluding hydrogens is 420 g/mol. The van der Waals surface area contributed by atoms with Gasteiger partial charge in [0.15, 0.2) is 0 Å². The van der Waals surface area contributed by atoms with Crippen molar-refractivity contribution in [2.24, 2.45) is 0 Å². The van der Waals surface area contributed by atoms with Crippen LogP contribution in [0.25, 0.3) is 17.4 Å². The molecule has 11 heteroatoms. The number of carboxylic acids is 1. The summed E-state index contributed by atoms with van der Waals surface area (Å²) in [6, 6.07) is 6.37. The molecule has 2 heterocycles. The molecule has 0 aliphatic carbocycles. The molecule has 1 aromatic carbocycles. The minimum Gasteiger partial charge on any atom is -0.497 e. The first kappa shape index (κ1) is 20.6. The molecule has 1 saturated heterocycles. The van der Waals surface area contributed by atoms with Crippen LogP contribution in [0.1, 0.15) is 12.7 Å². The molecule has 0 bridgehead atoms. The number of carbonyl (C=O) groups excluding carboxylic acids is 1. The second-order valence-electron chi connectivity index (χ2n) is 5.91. The lowest BCUT2D eigenvalue weighted by Crippen LogP contribution is -2.41. The molecule has 0 saturated carbocycles. The van der Waals surface area contributed by atoms with E-state index < -0.39 is 22.8 Å². The van der Waals surface area contributed by atoms with Crippen LogP contribution in [-0.2, 0) is 9.59 Å². The molecule has 1 fully saturated rings. The average molecular weight is 434 g/mol. The van der Waals surface area contributed by atoms with Crippen molar-refractivity contribution in [2.75, 3.05) is 7.11 Å². The van der Waals surface area contributed by atoms with Crippen molar-refractivity contribution in [1.82, 2.24) is 4.90 Å². The van der Waals surface area contributed by atoms with Gasteiger partial charge in [-0.2, -0.15) is 0 Å². The zero-order valence-corrected chi connectivity index (χ0v) is 16.8. The van der Waals surface area contributed by atoms with Gasteiger partial charge in [0.05, 0.1) is 28.6 Å². The molecule has 1 aromatic heterocycles. The fraction of sp³-hybridized carbons (Fsp3) is 0.167. The second kappa shape index (κ2) is 8.05. The van der Waals surface area contributed by atoms with E-state index in [4.69, 9.17) is 26.5 Å². The molecule has 0 radical (unpaired) electrons. The van der Waals surface area contributed by atoms with Crippen LogP contribution in [0.3, 0.4) is 0 Å². The van der Waals surface area contributed by atoms with E-state index in [1.807, 2.05) is 0 Å². The van der Waals surface area contributed by atoms with Gasteiger partial charge in [-0.05, 0) is 31.2 Å². The van der Waals surface area contributed by atoms with E-state index in [0.29, 0.717) is 5.75 Å². The predicted octanol–water partition coefficient (Wildman–Crippen LogP) is 3.54. The molecule has 0 spiro atoms. The lowest BCUT2D eigenvalue weighted by molar-refractivity contribution is -0.384. The monoisotopic (exact) mass is 434 g/mol. The molecule has 1 atom stereocenters. The third-order valence-electron chi connectivity index (χ3n) is 4.14. The van der Waals surface area contributed by atoms with E-state index in [2.05, 4.69) is 0 Å². The van der Waals surface area contributed by atoms with Crippen molar-refractivity contribution in [1.29, 1.82) is 0 Å². The number of benzene rings is 1. The molecule has 1 aliphatic heterocycles. The summed E-state index contributed by atoms with van der Waals surface area (Å²) in [6.07, 6.45) is 1.42. The van der Waals surface area contributed by atoms with E-state index in [0.717, 1.165) is 16.7 Å². The highest BCUT2D eigenvalue weighted by Crippen LogP contribution is 2.37. The second-order valence-corrected chi connectivity index (χ2v) is 7.58. The van der Waals surface area contributed by atoms with Gasteiger partial charge in [0.2, 0.25) is 0 Å². The van der Waals surface area contributed by atoms with Crippen LogP contribution in [0.15, 0.2) is 39.7 Å². The predicted molar refractivity (Wildman–Crippen MR) is 109 cm³/mol. The summed E-state index contributed by atoms with van der Waals surface area (Å²) in [7, 11) is 1.41. The number of methoxy groups -OCH3 is 1. The molecule has 1 aliphatic rings. The highest BCUT2D eigenvalue weighted by molar-refractivity contribution is 8.26. The van der Waals surface area contributed by atoms with Crippen LogP contribution in [0.2, 0.25) is 0 Å². The maximum Gasteiger partial charge on any atom is 0.326 e. The quantitative estimate of drug-likeness (QED) is 0.315. The summed E-state index contributed by atoms with van der Waals surface area (Å²) in [5.41, 5.74) is 0.0642. The Bertz CT molecular complexity index is 1060. The van der Waals surface area contributed by atoms with Gasteiger partial charge in [-0.3, -0.25) is 19.8 Å². The SMILES string of the molecule is COc1ccc(-c2ccc(/C=C3/SC(=S)N(C(C)C(=O)O)C3=O)o2)c([N+](=O)[O-])c1. The van der Waals surface area contributed by atoms with E-state index in [1.165, 1.54) is 32.2 Å². The number of thioether (sulfide) groups is 1. The Morgan fingerprint density at radius 2 is 2.14 bits per heavy atom. The van der Waals surface area contributed by atoms with Crippen LogP contribution in [0.5, 0.6) is 5.75 Å². The van der Waals surface area contributed by atoms with Crippen LogP contribution < -0.4 is 4.74 Å². The number of nitro groups is 1. The Morgan fingerprint density at radius 3 is 2.76 bits per heavy atom. The molecule has 9 nitrogen and oxygen atoms in total. The summed E-state index contributed by atoms with van der Waals surface area (Å²) < 4.78 is 10.8. The normalized spacial score (nSPS) is 16.3. The van der Waals surface area contributed by atoms with Crippen molar-refractivity contribution < 1.29 is 28.8 Å². The largest absolute Gasteiger partial charge is 0.497 e. The number of hydrogen-bond donors (Lipinski definition) is 1. The first-order chi connectivity index (χ1) is 13.7. The summed E-state index contributed by atoms with van der Waals surface area (Å²) in [6.45, 7) is 1.36. The summed E-state index contributed by atoms with van der Waals surface area (Å²) in [5, 5.41) is 20.5. The maximum absolute atomic E-state index is 12.5. The fourth-order valence-corrected chi connectivity index (χ4v) is 4.02. The number of carbonyl (C=O) groups is 2. The molecular formula is C18H14N2O7S2. The van der Waals surface area contributed by atoms with E-state index in [-0.39, 0.29) is 32.0 Å². The van der Waals surface area contributed by atoms with E-state index in [1.54, 1.807) is 18.2 Å². The van der Waals surface area contributed by atoms with Crippen molar-refractivity contribution >= 4 is 51.9 Å². The van der Waals surface area contributed by atoms with Crippen molar-refractivity contribution in [3.05, 3.63) is 51.1 Å². The van der Waals surface area contributed by atoms with Gasteiger partial charge in [0.1, 0.15) is 27.6 Å². The molecule has 1 unspecified atom stereocenters. The van der Waals surface area contributed by atoms with Crippen molar-refractivity contribution in [3.8, 4) is 17.1 Å². The number of amides is 1. The van der Waals surface area contributed by atoms with Gasteiger partial charge in [0.25, 0.3) is 11.6 Å². The van der Waals surface area contributed by atoms with Gasteiger partial charge >= 0.3 is 5.97 Å². The molecule has 150 valence electrons. The first-order valence-electron chi connectivity index (χ1n) is 8.15. The number of thiocarbonyl (C=S) groups is 1. The molecule has 2 aromatic rings. The molecule has 1 N–H and O–H groups in total. The highest BCUT2D eigenvalue weighted by Gasteiger charge is 2.38. The van der Waals surface area contributed by atoms with Crippen LogP contribution in [0.4, 0.5) is 5.69 Å². The Balaban J connectivity index is 1.92. The first-order valence-corrected chi connectivity index (χ1v) is 9.38. The summed E-state index contributed by atoms with van der Waals surface area (Å²) in [4.78, 5) is 35.7. The van der Waals surface area contributed by atoms with E-state index >= 15 is 0 Å². The van der Waals surface area contributed by atoms with Crippen molar-refractivity contribution in [2.45, 2.75) is 13.0 Å². The molecule has 1 amide bonds. The third-order valence-corrected chi connectivity index (χ3v) is 5.47. The lowest BCUT2D eigenvalue weighted by atomic mass is 10.1.